The van der Waals surface area contributed by atoms with Crippen molar-refractivity contribution in [1.29, 1.82) is 0 Å². The number of benzene rings is 1. The van der Waals surface area contributed by atoms with E-state index in [0.717, 1.165) is 5.56 Å². The molecule has 9 heteroatoms. The molecule has 0 aromatic heterocycles. The Morgan fingerprint density at radius 2 is 2.11 bits per heavy atom. The molecule has 1 heterocycles. The lowest BCUT2D eigenvalue weighted by molar-refractivity contribution is -0.267. The molecule has 1 saturated heterocycles. The van der Waals surface area contributed by atoms with Crippen LogP contribution in [0.5, 0.6) is 0 Å². The van der Waals surface area contributed by atoms with E-state index in [9.17, 15) is 9.90 Å². The topological polar surface area (TPSA) is 123 Å². The number of ether oxygens (including phenoxy) is 4. The number of hydrogen-bond donors (Lipinski definition) is 1. The van der Waals surface area contributed by atoms with Crippen LogP contribution in [-0.4, -0.2) is 54.9 Å². The van der Waals surface area contributed by atoms with Gasteiger partial charge < -0.3 is 24.1 Å². The van der Waals surface area contributed by atoms with E-state index in [-0.39, 0.29) is 19.8 Å². The van der Waals surface area contributed by atoms with Crippen molar-refractivity contribution in [2.75, 3.05) is 13.2 Å². The third-order valence-corrected chi connectivity index (χ3v) is 3.96. The summed E-state index contributed by atoms with van der Waals surface area (Å²) in [7, 11) is 0. The first-order valence-electron chi connectivity index (χ1n) is 8.46. The Balaban J connectivity index is 2.23. The first-order valence-corrected chi connectivity index (χ1v) is 8.46. The Morgan fingerprint density at radius 3 is 2.74 bits per heavy atom. The lowest BCUT2D eigenvalue weighted by Crippen LogP contribution is -2.59. The van der Waals surface area contributed by atoms with Gasteiger partial charge >= 0.3 is 5.97 Å². The van der Waals surface area contributed by atoms with Gasteiger partial charge in [0, 0.05) is 11.8 Å². The molecule has 0 aliphatic carbocycles. The molecule has 5 atom stereocenters. The van der Waals surface area contributed by atoms with Gasteiger partial charge in [-0.25, -0.2) is 0 Å². The number of esters is 1. The number of carbonyl (C=O) groups is 1. The third kappa shape index (κ3) is 6.06. The van der Waals surface area contributed by atoms with E-state index in [1.165, 1.54) is 6.92 Å². The molecule has 146 valence electrons. The van der Waals surface area contributed by atoms with Gasteiger partial charge in [-0.15, -0.1) is 6.58 Å². The third-order valence-electron chi connectivity index (χ3n) is 3.96. The average molecular weight is 377 g/mol. The summed E-state index contributed by atoms with van der Waals surface area (Å²) in [5.74, 6) is -0.491. The van der Waals surface area contributed by atoms with Crippen molar-refractivity contribution in [2.45, 2.75) is 44.2 Å². The first kappa shape index (κ1) is 20.9. The summed E-state index contributed by atoms with van der Waals surface area (Å²) < 4.78 is 22.2. The molecule has 9 nitrogen and oxygen atoms in total. The predicted octanol–water partition coefficient (Wildman–Crippen LogP) is 2.10. The van der Waals surface area contributed by atoms with Gasteiger partial charge in [0.2, 0.25) is 0 Å². The zero-order chi connectivity index (χ0) is 19.6. The Morgan fingerprint density at radius 1 is 1.37 bits per heavy atom. The number of aliphatic hydroxyl groups excluding tert-OH is 1. The number of hydrogen-bond acceptors (Lipinski definition) is 7. The second-order valence-electron chi connectivity index (χ2n) is 5.91. The molecular formula is C18H23N3O6. The summed E-state index contributed by atoms with van der Waals surface area (Å²) in [5, 5.41) is 13.9. The fraction of sp³-hybridized carbons (Fsp3) is 0.500. The van der Waals surface area contributed by atoms with E-state index in [1.54, 1.807) is 6.08 Å². The van der Waals surface area contributed by atoms with Crippen LogP contribution in [0, 0.1) is 0 Å². The Bertz CT molecular complexity index is 664. The second-order valence-corrected chi connectivity index (χ2v) is 5.91. The van der Waals surface area contributed by atoms with Crippen molar-refractivity contribution in [1.82, 2.24) is 0 Å². The number of rotatable bonds is 9. The van der Waals surface area contributed by atoms with Gasteiger partial charge in [0.15, 0.2) is 6.29 Å². The normalized spacial score (nSPS) is 27.4. The Kier molecular flexibility index (Phi) is 8.25. The molecule has 0 unspecified atom stereocenters. The van der Waals surface area contributed by atoms with Crippen LogP contribution < -0.4 is 0 Å². The molecule has 1 aromatic rings. The highest BCUT2D eigenvalue weighted by Gasteiger charge is 2.47. The summed E-state index contributed by atoms with van der Waals surface area (Å²) in [6.07, 6.45) is -2.24. The van der Waals surface area contributed by atoms with Crippen LogP contribution in [0.2, 0.25) is 0 Å². The molecule has 2 rings (SSSR count). The molecular weight excluding hydrogens is 354 g/mol. The highest BCUT2D eigenvalue weighted by atomic mass is 16.7. The lowest BCUT2D eigenvalue weighted by Gasteiger charge is -2.42. The van der Waals surface area contributed by atoms with Gasteiger partial charge in [0.1, 0.15) is 31.0 Å². The smallest absolute Gasteiger partial charge is 0.302 e. The second kappa shape index (κ2) is 10.7. The van der Waals surface area contributed by atoms with Crippen LogP contribution in [0.15, 0.2) is 48.1 Å². The number of nitrogens with zero attached hydrogens (tertiary/aromatic N) is 3. The van der Waals surface area contributed by atoms with Gasteiger partial charge in [-0.1, -0.05) is 41.5 Å². The molecule has 0 saturated carbocycles. The lowest BCUT2D eigenvalue weighted by atomic mass is 9.97. The average Bonchev–Trinajstić information content (AvgIpc) is 2.66. The maximum atomic E-state index is 11.2. The van der Waals surface area contributed by atoms with E-state index >= 15 is 0 Å². The van der Waals surface area contributed by atoms with Gasteiger partial charge in [0.25, 0.3) is 0 Å². The van der Waals surface area contributed by atoms with Crippen molar-refractivity contribution >= 4 is 5.97 Å². The molecule has 1 aliphatic heterocycles. The maximum Gasteiger partial charge on any atom is 0.302 e. The predicted molar refractivity (Wildman–Crippen MR) is 95.4 cm³/mol. The molecule has 1 aromatic carbocycles. The minimum Gasteiger partial charge on any atom is -0.463 e. The van der Waals surface area contributed by atoms with Gasteiger partial charge in [-0.05, 0) is 11.1 Å². The molecule has 1 N–H and O–H groups in total. The van der Waals surface area contributed by atoms with Crippen molar-refractivity contribution in [3.63, 3.8) is 0 Å². The summed E-state index contributed by atoms with van der Waals surface area (Å²) in [6, 6.07) is 8.37. The summed E-state index contributed by atoms with van der Waals surface area (Å²) in [6.45, 7) is 5.13. The highest BCUT2D eigenvalue weighted by Crippen LogP contribution is 2.28. The Hall–Kier alpha value is -2.42. The minimum atomic E-state index is -1.43. The van der Waals surface area contributed by atoms with Crippen molar-refractivity contribution in [3.05, 3.63) is 59.0 Å². The minimum absolute atomic E-state index is 0.137. The molecule has 0 amide bonds. The summed E-state index contributed by atoms with van der Waals surface area (Å²) in [4.78, 5) is 13.9. The van der Waals surface area contributed by atoms with Gasteiger partial charge in [-0.3, -0.25) is 4.79 Å². The molecule has 0 radical (unpaired) electrons. The molecule has 1 fully saturated rings. The summed E-state index contributed by atoms with van der Waals surface area (Å²) in [5.41, 5.74) is 9.75. The fourth-order valence-electron chi connectivity index (χ4n) is 2.76. The molecule has 27 heavy (non-hydrogen) atoms. The first-order chi connectivity index (χ1) is 13.1. The zero-order valence-electron chi connectivity index (χ0n) is 15.0. The van der Waals surface area contributed by atoms with Crippen LogP contribution in [0.25, 0.3) is 10.4 Å². The monoisotopic (exact) mass is 377 g/mol. The number of azide groups is 1. The van der Waals surface area contributed by atoms with Crippen LogP contribution in [-0.2, 0) is 30.3 Å². The molecule has 1 aliphatic rings. The van der Waals surface area contributed by atoms with E-state index in [4.69, 9.17) is 24.5 Å². The SMILES string of the molecule is C=CCO[C@H]1[C@H](OCc2ccccc2)[C@@H](N=[N+]=[N-])[C@@H](O)O[C@@H]1COC(C)=O. The highest BCUT2D eigenvalue weighted by molar-refractivity contribution is 5.65. The number of carbonyl (C=O) groups excluding carboxylic acids is 1. The quantitative estimate of drug-likeness (QED) is 0.231. The van der Waals surface area contributed by atoms with E-state index < -0.39 is 36.6 Å². The molecule has 0 spiro atoms. The van der Waals surface area contributed by atoms with Crippen LogP contribution >= 0.6 is 0 Å². The van der Waals surface area contributed by atoms with E-state index in [2.05, 4.69) is 16.6 Å². The largest absolute Gasteiger partial charge is 0.463 e. The Labute approximate surface area is 157 Å². The van der Waals surface area contributed by atoms with Crippen LogP contribution in [0.3, 0.4) is 0 Å². The van der Waals surface area contributed by atoms with Crippen LogP contribution in [0.4, 0.5) is 0 Å². The van der Waals surface area contributed by atoms with E-state index in [1.807, 2.05) is 30.3 Å². The number of aliphatic hydroxyl groups is 1. The van der Waals surface area contributed by atoms with E-state index in [0.29, 0.717) is 0 Å². The molecule has 0 bridgehead atoms. The summed E-state index contributed by atoms with van der Waals surface area (Å²) >= 11 is 0. The maximum absolute atomic E-state index is 11.2. The van der Waals surface area contributed by atoms with Gasteiger partial charge in [-0.2, -0.15) is 0 Å². The van der Waals surface area contributed by atoms with Crippen molar-refractivity contribution in [2.24, 2.45) is 5.11 Å². The van der Waals surface area contributed by atoms with Gasteiger partial charge in [0.05, 0.1) is 13.2 Å². The van der Waals surface area contributed by atoms with Crippen LogP contribution in [0.1, 0.15) is 12.5 Å². The standard InChI is InChI=1S/C18H23N3O6/c1-3-9-24-16-14(11-25-12(2)22)27-18(23)15(20-21-19)17(16)26-10-13-7-5-4-6-8-13/h3-8,14-18,23H,1,9-11H2,2H3/t14-,15-,16-,17-,18+/m1/s1. The zero-order valence-corrected chi connectivity index (χ0v) is 15.0. The fourth-order valence-corrected chi connectivity index (χ4v) is 2.76. The van der Waals surface area contributed by atoms with Crippen molar-refractivity contribution < 1.29 is 28.8 Å². The van der Waals surface area contributed by atoms with Crippen molar-refractivity contribution in [3.8, 4) is 0 Å².